The highest BCUT2D eigenvalue weighted by Crippen LogP contribution is 2.28. The van der Waals surface area contributed by atoms with Crippen LogP contribution in [0, 0.1) is 5.41 Å². The number of rotatable bonds is 5. The van der Waals surface area contributed by atoms with Gasteiger partial charge in [-0.15, -0.1) is 0 Å². The van der Waals surface area contributed by atoms with E-state index in [1.54, 1.807) is 19.2 Å². The predicted octanol–water partition coefficient (Wildman–Crippen LogP) is 3.67. The Balaban J connectivity index is 2.30. The lowest BCUT2D eigenvalue weighted by Gasteiger charge is -2.11. The summed E-state index contributed by atoms with van der Waals surface area (Å²) in [7, 11) is 1.65. The first-order valence-electron chi connectivity index (χ1n) is 6.00. The van der Waals surface area contributed by atoms with Gasteiger partial charge in [0.15, 0.2) is 0 Å². The molecule has 0 aromatic heterocycles. The largest absolute Gasteiger partial charge is 0.457 e. The van der Waals surface area contributed by atoms with Gasteiger partial charge in [0.1, 0.15) is 17.3 Å². The molecule has 2 aromatic carbocycles. The Morgan fingerprint density at radius 2 is 2.05 bits per heavy atom. The zero-order chi connectivity index (χ0) is 14.5. The van der Waals surface area contributed by atoms with Crippen molar-refractivity contribution in [2.45, 2.75) is 6.61 Å². The van der Waals surface area contributed by atoms with Crippen molar-refractivity contribution in [1.29, 1.82) is 5.41 Å². The summed E-state index contributed by atoms with van der Waals surface area (Å²) in [5.41, 5.74) is 7.15. The van der Waals surface area contributed by atoms with E-state index < -0.39 is 0 Å². The van der Waals surface area contributed by atoms with E-state index in [1.807, 2.05) is 30.3 Å². The molecular formula is C15H15BrN2O2. The van der Waals surface area contributed by atoms with Gasteiger partial charge < -0.3 is 15.2 Å². The number of ether oxygens (including phenoxy) is 2. The van der Waals surface area contributed by atoms with Crippen LogP contribution in [0.15, 0.2) is 46.9 Å². The summed E-state index contributed by atoms with van der Waals surface area (Å²) in [5, 5.41) is 7.60. The predicted molar refractivity (Wildman–Crippen MR) is 82.4 cm³/mol. The molecule has 2 aromatic rings. The Morgan fingerprint density at radius 3 is 2.75 bits per heavy atom. The summed E-state index contributed by atoms with van der Waals surface area (Å²) in [6.45, 7) is 0.525. The number of nitrogen functional groups attached to an aromatic ring is 1. The van der Waals surface area contributed by atoms with Crippen molar-refractivity contribution in [1.82, 2.24) is 0 Å². The van der Waals surface area contributed by atoms with Crippen molar-refractivity contribution >= 4 is 21.8 Å². The van der Waals surface area contributed by atoms with Crippen LogP contribution in [0.3, 0.4) is 0 Å². The highest BCUT2D eigenvalue weighted by Gasteiger charge is 2.09. The molecule has 0 saturated heterocycles. The molecule has 0 unspecified atom stereocenters. The van der Waals surface area contributed by atoms with Crippen LogP contribution in [0.5, 0.6) is 11.5 Å². The Bertz CT molecular complexity index is 629. The smallest absolute Gasteiger partial charge is 0.138 e. The van der Waals surface area contributed by atoms with Crippen LogP contribution in [-0.2, 0) is 11.3 Å². The Labute approximate surface area is 126 Å². The molecule has 0 bridgehead atoms. The van der Waals surface area contributed by atoms with E-state index in [2.05, 4.69) is 15.9 Å². The van der Waals surface area contributed by atoms with Gasteiger partial charge in [-0.25, -0.2) is 0 Å². The third kappa shape index (κ3) is 3.59. The second kappa shape index (κ2) is 6.54. The lowest BCUT2D eigenvalue weighted by Crippen LogP contribution is -2.12. The van der Waals surface area contributed by atoms with E-state index in [-0.39, 0.29) is 5.84 Å². The van der Waals surface area contributed by atoms with Gasteiger partial charge in [0.2, 0.25) is 0 Å². The van der Waals surface area contributed by atoms with Crippen molar-refractivity contribution in [2.75, 3.05) is 7.11 Å². The highest BCUT2D eigenvalue weighted by atomic mass is 79.9. The third-order valence-corrected chi connectivity index (χ3v) is 3.16. The van der Waals surface area contributed by atoms with Crippen molar-refractivity contribution in [2.24, 2.45) is 5.73 Å². The van der Waals surface area contributed by atoms with Gasteiger partial charge in [0, 0.05) is 11.6 Å². The molecular weight excluding hydrogens is 320 g/mol. The van der Waals surface area contributed by atoms with Crippen molar-refractivity contribution < 1.29 is 9.47 Å². The number of amidine groups is 1. The molecule has 0 fully saturated rings. The molecule has 0 aliphatic heterocycles. The van der Waals surface area contributed by atoms with Gasteiger partial charge in [0.05, 0.1) is 12.2 Å². The van der Waals surface area contributed by atoms with Crippen LogP contribution < -0.4 is 10.5 Å². The summed E-state index contributed by atoms with van der Waals surface area (Å²) in [5.74, 6) is 1.20. The van der Waals surface area contributed by atoms with Crippen LogP contribution >= 0.6 is 15.9 Å². The van der Waals surface area contributed by atoms with Crippen molar-refractivity contribution in [3.05, 3.63) is 58.1 Å². The van der Waals surface area contributed by atoms with Gasteiger partial charge in [-0.1, -0.05) is 28.1 Å². The van der Waals surface area contributed by atoms with Gasteiger partial charge >= 0.3 is 0 Å². The lowest BCUT2D eigenvalue weighted by molar-refractivity contribution is 0.184. The minimum absolute atomic E-state index is 0.0330. The number of hydrogen-bond acceptors (Lipinski definition) is 3. The number of nitrogens with two attached hydrogens (primary N) is 1. The Kier molecular flexibility index (Phi) is 4.76. The molecule has 0 heterocycles. The zero-order valence-corrected chi connectivity index (χ0v) is 12.6. The number of nitrogens with one attached hydrogen (secondary N) is 1. The number of methoxy groups -OCH3 is 1. The quantitative estimate of drug-likeness (QED) is 0.647. The van der Waals surface area contributed by atoms with E-state index in [0.29, 0.717) is 23.7 Å². The summed E-state index contributed by atoms with van der Waals surface area (Å²) in [4.78, 5) is 0. The summed E-state index contributed by atoms with van der Waals surface area (Å²) >= 11 is 3.36. The maximum Gasteiger partial charge on any atom is 0.138 e. The minimum atomic E-state index is -0.0330. The van der Waals surface area contributed by atoms with Gasteiger partial charge in [-0.2, -0.15) is 0 Å². The first-order valence-corrected chi connectivity index (χ1v) is 6.79. The fraction of sp³-hybridized carbons (Fsp3) is 0.133. The topological polar surface area (TPSA) is 68.3 Å². The second-order valence-electron chi connectivity index (χ2n) is 4.24. The summed E-state index contributed by atoms with van der Waals surface area (Å²) < 4.78 is 11.8. The first kappa shape index (κ1) is 14.6. The molecule has 0 radical (unpaired) electrons. The molecule has 4 nitrogen and oxygen atoms in total. The molecule has 3 N–H and O–H groups in total. The SMILES string of the molecule is COCc1cccc(Oc2ccc(Br)cc2C(=N)N)c1. The molecule has 104 valence electrons. The summed E-state index contributed by atoms with van der Waals surface area (Å²) in [6.07, 6.45) is 0. The second-order valence-corrected chi connectivity index (χ2v) is 5.15. The number of halogens is 1. The molecule has 5 heteroatoms. The van der Waals surface area contributed by atoms with E-state index in [4.69, 9.17) is 20.6 Å². The third-order valence-electron chi connectivity index (χ3n) is 2.67. The highest BCUT2D eigenvalue weighted by molar-refractivity contribution is 9.10. The van der Waals surface area contributed by atoms with E-state index in [9.17, 15) is 0 Å². The molecule has 2 rings (SSSR count). The van der Waals surface area contributed by atoms with Crippen LogP contribution in [0.2, 0.25) is 0 Å². The monoisotopic (exact) mass is 334 g/mol. The summed E-state index contributed by atoms with van der Waals surface area (Å²) in [6, 6.07) is 13.0. The normalized spacial score (nSPS) is 10.3. The zero-order valence-electron chi connectivity index (χ0n) is 11.0. The molecule has 20 heavy (non-hydrogen) atoms. The molecule has 0 spiro atoms. The minimum Gasteiger partial charge on any atom is -0.457 e. The Morgan fingerprint density at radius 1 is 1.25 bits per heavy atom. The van der Waals surface area contributed by atoms with Crippen LogP contribution in [0.25, 0.3) is 0 Å². The maximum atomic E-state index is 7.60. The Hall–Kier alpha value is -1.85. The van der Waals surface area contributed by atoms with E-state index in [1.165, 1.54) is 0 Å². The van der Waals surface area contributed by atoms with E-state index >= 15 is 0 Å². The molecule has 0 aliphatic rings. The standard InChI is InChI=1S/C15H15BrN2O2/c1-19-9-10-3-2-4-12(7-10)20-14-6-5-11(16)8-13(14)15(17)18/h2-8H,9H2,1H3,(H3,17,18). The van der Waals surface area contributed by atoms with Gasteiger partial charge in [0.25, 0.3) is 0 Å². The van der Waals surface area contributed by atoms with Crippen molar-refractivity contribution in [3.8, 4) is 11.5 Å². The maximum absolute atomic E-state index is 7.60. The molecule has 0 amide bonds. The van der Waals surface area contributed by atoms with Crippen LogP contribution in [0.4, 0.5) is 0 Å². The van der Waals surface area contributed by atoms with Crippen molar-refractivity contribution in [3.63, 3.8) is 0 Å². The van der Waals surface area contributed by atoms with Gasteiger partial charge in [-0.05, 0) is 35.9 Å². The van der Waals surface area contributed by atoms with E-state index in [0.717, 1.165) is 10.0 Å². The first-order chi connectivity index (χ1) is 9.60. The lowest BCUT2D eigenvalue weighted by atomic mass is 10.2. The molecule has 0 atom stereocenters. The number of hydrogen-bond donors (Lipinski definition) is 2. The molecule has 0 aliphatic carbocycles. The average Bonchev–Trinajstić information content (AvgIpc) is 2.41. The average molecular weight is 335 g/mol. The number of benzene rings is 2. The fourth-order valence-electron chi connectivity index (χ4n) is 1.79. The molecule has 0 saturated carbocycles. The fourth-order valence-corrected chi connectivity index (χ4v) is 2.16. The van der Waals surface area contributed by atoms with Crippen LogP contribution in [0.1, 0.15) is 11.1 Å². The van der Waals surface area contributed by atoms with Gasteiger partial charge in [-0.3, -0.25) is 5.41 Å². The van der Waals surface area contributed by atoms with Crippen LogP contribution in [-0.4, -0.2) is 12.9 Å².